The van der Waals surface area contributed by atoms with Crippen LogP contribution in [0.2, 0.25) is 0 Å². The highest BCUT2D eigenvalue weighted by atomic mass is 32.1. The fourth-order valence-corrected chi connectivity index (χ4v) is 4.56. The molecule has 3 rings (SSSR count). The molecule has 1 aromatic heterocycles. The molecular weight excluding hydrogens is 266 g/mol. The first kappa shape index (κ1) is 14.5. The number of hydrogen-bond acceptors (Lipinski definition) is 4. The van der Waals surface area contributed by atoms with Gasteiger partial charge in [0.1, 0.15) is 0 Å². The highest BCUT2D eigenvalue weighted by Gasteiger charge is 2.31. The molecule has 0 radical (unpaired) electrons. The van der Waals surface area contributed by atoms with Gasteiger partial charge in [0.05, 0.1) is 10.7 Å². The van der Waals surface area contributed by atoms with Gasteiger partial charge in [-0.25, -0.2) is 4.98 Å². The van der Waals surface area contributed by atoms with Gasteiger partial charge in [-0.15, -0.1) is 11.3 Å². The van der Waals surface area contributed by atoms with Crippen molar-refractivity contribution >= 4 is 11.3 Å². The van der Waals surface area contributed by atoms with Gasteiger partial charge in [-0.2, -0.15) is 0 Å². The third kappa shape index (κ3) is 3.41. The number of rotatable bonds is 5. The number of nitrogens with zero attached hydrogens (tertiary/aromatic N) is 2. The van der Waals surface area contributed by atoms with Crippen LogP contribution >= 0.6 is 11.3 Å². The van der Waals surface area contributed by atoms with Gasteiger partial charge in [-0.05, 0) is 51.6 Å². The molecule has 0 bridgehead atoms. The lowest BCUT2D eigenvalue weighted by Gasteiger charge is -2.39. The molecule has 0 saturated carbocycles. The van der Waals surface area contributed by atoms with Crippen LogP contribution in [0, 0.1) is 0 Å². The van der Waals surface area contributed by atoms with E-state index in [0.717, 1.165) is 25.0 Å². The number of piperidine rings is 1. The van der Waals surface area contributed by atoms with Crippen molar-refractivity contribution in [2.45, 2.75) is 70.5 Å². The number of thiazole rings is 1. The molecule has 0 aromatic carbocycles. The third-order valence-corrected chi connectivity index (χ3v) is 5.61. The van der Waals surface area contributed by atoms with Gasteiger partial charge in [0.25, 0.3) is 0 Å². The molecule has 2 aliphatic rings. The van der Waals surface area contributed by atoms with Crippen molar-refractivity contribution in [2.75, 3.05) is 13.1 Å². The fourth-order valence-electron chi connectivity index (χ4n) is 3.67. The zero-order valence-corrected chi connectivity index (χ0v) is 13.4. The second-order valence-electron chi connectivity index (χ2n) is 6.22. The molecule has 2 unspecified atom stereocenters. The van der Waals surface area contributed by atoms with Crippen LogP contribution in [0.5, 0.6) is 0 Å². The summed E-state index contributed by atoms with van der Waals surface area (Å²) in [7, 11) is 0. The molecule has 4 heteroatoms. The van der Waals surface area contributed by atoms with Crippen LogP contribution in [-0.2, 0) is 13.0 Å². The lowest BCUT2D eigenvalue weighted by atomic mass is 9.94. The molecule has 1 aromatic rings. The maximum Gasteiger partial charge on any atom is 0.0928 e. The van der Waals surface area contributed by atoms with Crippen molar-refractivity contribution in [1.29, 1.82) is 0 Å². The molecule has 3 nitrogen and oxygen atoms in total. The standard InChI is InChI=1S/C16H27N3S/c1-2-6-16-18-13(12-20-16)11-19-10-4-3-8-15(19)14-7-5-9-17-14/h12,14-15,17H,2-11H2,1H3. The van der Waals surface area contributed by atoms with Crippen LogP contribution in [-0.4, -0.2) is 35.1 Å². The van der Waals surface area contributed by atoms with Crippen molar-refractivity contribution in [3.05, 3.63) is 16.1 Å². The first-order valence-corrected chi connectivity index (χ1v) is 9.15. The van der Waals surface area contributed by atoms with Crippen LogP contribution in [0.4, 0.5) is 0 Å². The van der Waals surface area contributed by atoms with Crippen LogP contribution in [0.25, 0.3) is 0 Å². The second-order valence-corrected chi connectivity index (χ2v) is 7.16. The second kappa shape index (κ2) is 7.01. The molecule has 0 aliphatic carbocycles. The molecule has 20 heavy (non-hydrogen) atoms. The summed E-state index contributed by atoms with van der Waals surface area (Å²) >= 11 is 1.84. The van der Waals surface area contributed by atoms with E-state index >= 15 is 0 Å². The Labute approximate surface area is 126 Å². The van der Waals surface area contributed by atoms with Crippen molar-refractivity contribution in [3.63, 3.8) is 0 Å². The lowest BCUT2D eigenvalue weighted by molar-refractivity contribution is 0.111. The molecule has 2 atom stereocenters. The van der Waals surface area contributed by atoms with Crippen molar-refractivity contribution in [3.8, 4) is 0 Å². The van der Waals surface area contributed by atoms with E-state index in [1.807, 2.05) is 11.3 Å². The zero-order chi connectivity index (χ0) is 13.8. The van der Waals surface area contributed by atoms with Gasteiger partial charge in [-0.1, -0.05) is 13.3 Å². The predicted molar refractivity (Wildman–Crippen MR) is 85.2 cm³/mol. The highest BCUT2D eigenvalue weighted by Crippen LogP contribution is 2.26. The van der Waals surface area contributed by atoms with E-state index in [9.17, 15) is 0 Å². The zero-order valence-electron chi connectivity index (χ0n) is 12.6. The van der Waals surface area contributed by atoms with Gasteiger partial charge in [0, 0.05) is 24.0 Å². The maximum atomic E-state index is 4.81. The van der Waals surface area contributed by atoms with Gasteiger partial charge in [-0.3, -0.25) is 4.90 Å². The van der Waals surface area contributed by atoms with Crippen molar-refractivity contribution in [1.82, 2.24) is 15.2 Å². The first-order valence-electron chi connectivity index (χ1n) is 8.27. The van der Waals surface area contributed by atoms with E-state index in [0.29, 0.717) is 0 Å². The summed E-state index contributed by atoms with van der Waals surface area (Å²) < 4.78 is 0. The monoisotopic (exact) mass is 293 g/mol. The average molecular weight is 293 g/mol. The summed E-state index contributed by atoms with van der Waals surface area (Å²) in [6.07, 6.45) is 9.17. The van der Waals surface area contributed by atoms with Gasteiger partial charge < -0.3 is 5.32 Å². The van der Waals surface area contributed by atoms with Crippen LogP contribution in [0.15, 0.2) is 5.38 Å². The molecule has 3 heterocycles. The Kier molecular flexibility index (Phi) is 5.08. The molecule has 0 spiro atoms. The van der Waals surface area contributed by atoms with Crippen LogP contribution < -0.4 is 5.32 Å². The largest absolute Gasteiger partial charge is 0.312 e. The molecule has 2 aliphatic heterocycles. The Morgan fingerprint density at radius 1 is 1.35 bits per heavy atom. The SMILES string of the molecule is CCCc1nc(CN2CCCCC2C2CCCN2)cs1. The summed E-state index contributed by atoms with van der Waals surface area (Å²) in [5, 5.41) is 7.30. The van der Waals surface area contributed by atoms with E-state index in [1.54, 1.807) is 0 Å². The minimum absolute atomic E-state index is 0.726. The summed E-state index contributed by atoms with van der Waals surface area (Å²) in [4.78, 5) is 7.50. The quantitative estimate of drug-likeness (QED) is 0.903. The Balaban J connectivity index is 1.63. The van der Waals surface area contributed by atoms with Crippen molar-refractivity contribution < 1.29 is 0 Å². The van der Waals surface area contributed by atoms with Crippen LogP contribution in [0.1, 0.15) is 56.2 Å². The Morgan fingerprint density at radius 3 is 3.10 bits per heavy atom. The van der Waals surface area contributed by atoms with Gasteiger partial charge in [0.15, 0.2) is 0 Å². The maximum absolute atomic E-state index is 4.81. The first-order chi connectivity index (χ1) is 9.86. The van der Waals surface area contributed by atoms with E-state index in [-0.39, 0.29) is 0 Å². The normalized spacial score (nSPS) is 28.1. The van der Waals surface area contributed by atoms with Crippen molar-refractivity contribution in [2.24, 2.45) is 0 Å². The van der Waals surface area contributed by atoms with E-state index in [1.165, 1.54) is 62.3 Å². The molecular formula is C16H27N3S. The highest BCUT2D eigenvalue weighted by molar-refractivity contribution is 7.09. The fraction of sp³-hybridized carbons (Fsp3) is 0.812. The van der Waals surface area contributed by atoms with Gasteiger partial charge >= 0.3 is 0 Å². The van der Waals surface area contributed by atoms with Gasteiger partial charge in [0.2, 0.25) is 0 Å². The number of aryl methyl sites for hydroxylation is 1. The lowest BCUT2D eigenvalue weighted by Crippen LogP contribution is -2.49. The smallest absolute Gasteiger partial charge is 0.0928 e. The Morgan fingerprint density at radius 2 is 2.30 bits per heavy atom. The summed E-state index contributed by atoms with van der Waals surface area (Å²) in [5.74, 6) is 0. The molecule has 2 saturated heterocycles. The Hall–Kier alpha value is -0.450. The minimum Gasteiger partial charge on any atom is -0.312 e. The molecule has 0 amide bonds. The minimum atomic E-state index is 0.726. The number of hydrogen-bond donors (Lipinski definition) is 1. The number of nitrogens with one attached hydrogen (secondary N) is 1. The summed E-state index contributed by atoms with van der Waals surface area (Å²) in [6.45, 7) is 5.76. The molecule has 2 fully saturated rings. The number of likely N-dealkylation sites (tertiary alicyclic amines) is 1. The summed E-state index contributed by atoms with van der Waals surface area (Å²) in [5.41, 5.74) is 1.29. The topological polar surface area (TPSA) is 28.2 Å². The van der Waals surface area contributed by atoms with E-state index in [2.05, 4.69) is 22.5 Å². The van der Waals surface area contributed by atoms with E-state index < -0.39 is 0 Å². The van der Waals surface area contributed by atoms with Crippen LogP contribution in [0.3, 0.4) is 0 Å². The predicted octanol–water partition coefficient (Wildman–Crippen LogP) is 3.20. The number of aromatic nitrogens is 1. The summed E-state index contributed by atoms with van der Waals surface area (Å²) in [6, 6.07) is 1.46. The third-order valence-electron chi connectivity index (χ3n) is 4.66. The van der Waals surface area contributed by atoms with E-state index in [4.69, 9.17) is 4.98 Å². The average Bonchev–Trinajstić information content (AvgIpc) is 3.12. The molecule has 112 valence electrons. The Bertz CT molecular complexity index is 412. The molecule has 1 N–H and O–H groups in total.